The number of rotatable bonds is 3. The smallest absolute Gasteiger partial charge is 0.327 e. The standard InChI is InChI=1S/C16H20N6O3/c23-13(11-22-14(24)12-3-1-6-21(12)16(22)25)19-7-9-20(10-8-19)15-17-4-2-5-18-15/h2,4-5,12H,1,3,6-11H2/t12-/m1/s1. The van der Waals surface area contributed by atoms with Crippen LogP contribution in [0, 0.1) is 0 Å². The summed E-state index contributed by atoms with van der Waals surface area (Å²) >= 11 is 0. The second kappa shape index (κ2) is 6.30. The lowest BCUT2D eigenvalue weighted by Crippen LogP contribution is -2.52. The van der Waals surface area contributed by atoms with Crippen LogP contribution in [0.4, 0.5) is 10.7 Å². The Balaban J connectivity index is 1.34. The molecule has 3 aliphatic heterocycles. The molecule has 0 aromatic carbocycles. The first-order valence-electron chi connectivity index (χ1n) is 8.57. The summed E-state index contributed by atoms with van der Waals surface area (Å²) in [5.74, 6) is 0.240. The Morgan fingerprint density at radius 1 is 1.08 bits per heavy atom. The molecule has 0 radical (unpaired) electrons. The summed E-state index contributed by atoms with van der Waals surface area (Å²) in [6, 6.07) is 1.09. The Labute approximate surface area is 145 Å². The predicted octanol–water partition coefficient (Wildman–Crippen LogP) is -0.448. The van der Waals surface area contributed by atoms with Crippen molar-refractivity contribution in [1.29, 1.82) is 0 Å². The molecule has 4 amide bonds. The van der Waals surface area contributed by atoms with Crippen LogP contribution in [0.1, 0.15) is 12.8 Å². The third kappa shape index (κ3) is 2.79. The maximum Gasteiger partial charge on any atom is 0.327 e. The van der Waals surface area contributed by atoms with Crippen molar-refractivity contribution >= 4 is 23.8 Å². The average Bonchev–Trinajstić information content (AvgIpc) is 3.22. The molecule has 0 saturated carbocycles. The van der Waals surface area contributed by atoms with E-state index in [4.69, 9.17) is 0 Å². The molecule has 1 atom stereocenters. The van der Waals surface area contributed by atoms with E-state index in [0.29, 0.717) is 45.1 Å². The van der Waals surface area contributed by atoms with Gasteiger partial charge in [-0.15, -0.1) is 0 Å². The Morgan fingerprint density at radius 2 is 1.80 bits per heavy atom. The fourth-order valence-electron chi connectivity index (χ4n) is 3.67. The summed E-state index contributed by atoms with van der Waals surface area (Å²) in [5, 5.41) is 0. The highest BCUT2D eigenvalue weighted by Gasteiger charge is 2.48. The van der Waals surface area contributed by atoms with Crippen LogP contribution in [0.3, 0.4) is 0 Å². The minimum atomic E-state index is -0.354. The zero-order valence-electron chi connectivity index (χ0n) is 13.9. The first-order valence-corrected chi connectivity index (χ1v) is 8.57. The summed E-state index contributed by atoms with van der Waals surface area (Å²) in [5.41, 5.74) is 0. The van der Waals surface area contributed by atoms with Gasteiger partial charge in [-0.25, -0.2) is 14.8 Å². The van der Waals surface area contributed by atoms with Gasteiger partial charge in [-0.2, -0.15) is 0 Å². The molecule has 132 valence electrons. The maximum absolute atomic E-state index is 12.5. The molecule has 9 nitrogen and oxygen atoms in total. The van der Waals surface area contributed by atoms with Gasteiger partial charge in [-0.3, -0.25) is 14.5 Å². The lowest BCUT2D eigenvalue weighted by Gasteiger charge is -2.35. The SMILES string of the molecule is O=C(CN1C(=O)[C@H]2CCCN2C1=O)N1CCN(c2ncccn2)CC1. The summed E-state index contributed by atoms with van der Waals surface area (Å²) in [7, 11) is 0. The number of carbonyl (C=O) groups is 3. The van der Waals surface area contributed by atoms with Crippen LogP contribution in [0.5, 0.6) is 0 Å². The molecule has 0 spiro atoms. The Hall–Kier alpha value is -2.71. The fraction of sp³-hybridized carbons (Fsp3) is 0.562. The average molecular weight is 344 g/mol. The van der Waals surface area contributed by atoms with E-state index in [1.54, 1.807) is 28.3 Å². The molecule has 25 heavy (non-hydrogen) atoms. The van der Waals surface area contributed by atoms with Gasteiger partial charge in [0.2, 0.25) is 11.9 Å². The van der Waals surface area contributed by atoms with Crippen LogP contribution in [0.15, 0.2) is 18.5 Å². The number of carbonyl (C=O) groups excluding carboxylic acids is 3. The number of imide groups is 1. The number of amides is 4. The molecule has 4 rings (SSSR count). The quantitative estimate of drug-likeness (QED) is 0.690. The molecule has 0 unspecified atom stereocenters. The van der Waals surface area contributed by atoms with Crippen LogP contribution in [0.25, 0.3) is 0 Å². The van der Waals surface area contributed by atoms with E-state index in [-0.39, 0.29) is 30.4 Å². The van der Waals surface area contributed by atoms with Crippen molar-refractivity contribution in [2.45, 2.75) is 18.9 Å². The van der Waals surface area contributed by atoms with Gasteiger partial charge in [0, 0.05) is 45.1 Å². The molecule has 1 aromatic heterocycles. The number of aromatic nitrogens is 2. The lowest BCUT2D eigenvalue weighted by atomic mass is 10.2. The van der Waals surface area contributed by atoms with Gasteiger partial charge in [0.25, 0.3) is 5.91 Å². The van der Waals surface area contributed by atoms with E-state index >= 15 is 0 Å². The topological polar surface area (TPSA) is 90.0 Å². The van der Waals surface area contributed by atoms with E-state index in [0.717, 1.165) is 11.3 Å². The van der Waals surface area contributed by atoms with Crippen molar-refractivity contribution in [3.63, 3.8) is 0 Å². The van der Waals surface area contributed by atoms with E-state index < -0.39 is 0 Å². The van der Waals surface area contributed by atoms with E-state index in [9.17, 15) is 14.4 Å². The molecule has 3 saturated heterocycles. The van der Waals surface area contributed by atoms with E-state index in [1.165, 1.54) is 0 Å². The minimum absolute atomic E-state index is 0.160. The number of hydrogen-bond donors (Lipinski definition) is 0. The molecule has 3 fully saturated rings. The molecule has 0 bridgehead atoms. The van der Waals surface area contributed by atoms with Gasteiger partial charge in [-0.05, 0) is 18.9 Å². The number of fused-ring (bicyclic) bond motifs is 1. The Bertz CT molecular complexity index is 666. The Kier molecular flexibility index (Phi) is 3.98. The summed E-state index contributed by atoms with van der Waals surface area (Å²) in [6.07, 6.45) is 4.94. The van der Waals surface area contributed by atoms with Crippen molar-refractivity contribution in [1.82, 2.24) is 24.7 Å². The molecular weight excluding hydrogens is 324 g/mol. The predicted molar refractivity (Wildman–Crippen MR) is 87.7 cm³/mol. The summed E-state index contributed by atoms with van der Waals surface area (Å²) in [6.45, 7) is 2.77. The highest BCUT2D eigenvalue weighted by atomic mass is 16.2. The largest absolute Gasteiger partial charge is 0.338 e. The van der Waals surface area contributed by atoms with Gasteiger partial charge in [-0.1, -0.05) is 0 Å². The summed E-state index contributed by atoms with van der Waals surface area (Å²) in [4.78, 5) is 52.0. The third-order valence-corrected chi connectivity index (χ3v) is 5.04. The lowest BCUT2D eigenvalue weighted by molar-refractivity contribution is -0.137. The molecule has 0 N–H and O–H groups in total. The molecule has 0 aliphatic carbocycles. The van der Waals surface area contributed by atoms with Crippen LogP contribution < -0.4 is 4.90 Å². The second-order valence-electron chi connectivity index (χ2n) is 6.48. The number of piperazine rings is 1. The molecule has 9 heteroatoms. The molecular formula is C16H20N6O3. The van der Waals surface area contributed by atoms with Gasteiger partial charge in [0.05, 0.1) is 0 Å². The number of hydrogen-bond acceptors (Lipinski definition) is 6. The normalized spacial score (nSPS) is 23.4. The van der Waals surface area contributed by atoms with Crippen molar-refractivity contribution < 1.29 is 14.4 Å². The number of nitrogens with zero attached hydrogens (tertiary/aromatic N) is 6. The third-order valence-electron chi connectivity index (χ3n) is 5.04. The van der Waals surface area contributed by atoms with Crippen LogP contribution >= 0.6 is 0 Å². The summed E-state index contributed by atoms with van der Waals surface area (Å²) < 4.78 is 0. The monoisotopic (exact) mass is 344 g/mol. The second-order valence-corrected chi connectivity index (χ2v) is 6.48. The number of urea groups is 1. The van der Waals surface area contributed by atoms with Crippen molar-refractivity contribution in [2.75, 3.05) is 44.2 Å². The number of anilines is 1. The first-order chi connectivity index (χ1) is 12.1. The van der Waals surface area contributed by atoms with Crippen LogP contribution in [0.2, 0.25) is 0 Å². The minimum Gasteiger partial charge on any atom is -0.338 e. The van der Waals surface area contributed by atoms with E-state index in [1.807, 2.05) is 4.90 Å². The van der Waals surface area contributed by atoms with Crippen LogP contribution in [-0.4, -0.2) is 87.8 Å². The Morgan fingerprint density at radius 3 is 2.48 bits per heavy atom. The molecule has 4 heterocycles. The zero-order chi connectivity index (χ0) is 17.4. The maximum atomic E-state index is 12.5. The molecule has 1 aromatic rings. The van der Waals surface area contributed by atoms with Crippen LogP contribution in [-0.2, 0) is 9.59 Å². The van der Waals surface area contributed by atoms with Gasteiger partial charge >= 0.3 is 6.03 Å². The van der Waals surface area contributed by atoms with Crippen molar-refractivity contribution in [3.05, 3.63) is 18.5 Å². The first kappa shape index (κ1) is 15.8. The van der Waals surface area contributed by atoms with Crippen molar-refractivity contribution in [3.8, 4) is 0 Å². The highest BCUT2D eigenvalue weighted by Crippen LogP contribution is 2.27. The van der Waals surface area contributed by atoms with Gasteiger partial charge in [0.1, 0.15) is 12.6 Å². The van der Waals surface area contributed by atoms with Gasteiger partial charge < -0.3 is 14.7 Å². The highest BCUT2D eigenvalue weighted by molar-refractivity contribution is 6.06. The zero-order valence-corrected chi connectivity index (χ0v) is 13.9. The van der Waals surface area contributed by atoms with E-state index in [2.05, 4.69) is 9.97 Å². The molecule has 3 aliphatic rings. The fourth-order valence-corrected chi connectivity index (χ4v) is 3.67. The van der Waals surface area contributed by atoms with Gasteiger partial charge in [0.15, 0.2) is 0 Å². The van der Waals surface area contributed by atoms with Crippen molar-refractivity contribution in [2.24, 2.45) is 0 Å².